The van der Waals surface area contributed by atoms with Crippen molar-refractivity contribution in [2.75, 3.05) is 25.0 Å². The summed E-state index contributed by atoms with van der Waals surface area (Å²) >= 11 is 30.4. The summed E-state index contributed by atoms with van der Waals surface area (Å²) in [5.74, 6) is -2.21. The quantitative estimate of drug-likeness (QED) is 0.455. The maximum atomic E-state index is 13.0. The van der Waals surface area contributed by atoms with Gasteiger partial charge in [-0.1, -0.05) is 29.3 Å². The van der Waals surface area contributed by atoms with Crippen LogP contribution in [0.1, 0.15) is 27.4 Å². The van der Waals surface area contributed by atoms with E-state index in [1.165, 1.54) is 17.0 Å². The molecule has 1 saturated carbocycles. The fourth-order valence-corrected chi connectivity index (χ4v) is 5.61. The van der Waals surface area contributed by atoms with Gasteiger partial charge in [-0.3, -0.25) is 18.7 Å². The normalized spacial score (nSPS) is 20.7. The highest BCUT2D eigenvalue weighted by Crippen LogP contribution is 2.65. The van der Waals surface area contributed by atoms with Crippen molar-refractivity contribution < 1.29 is 18.7 Å². The number of anilines is 1. The van der Waals surface area contributed by atoms with E-state index < -0.39 is 22.1 Å². The largest absolute Gasteiger partial charge is 0.346 e. The van der Waals surface area contributed by atoms with E-state index in [1.54, 1.807) is 18.2 Å². The first kappa shape index (κ1) is 26.3. The second kappa shape index (κ2) is 10.3. The number of aryl methyl sites for hydroxylation is 1. The SMILES string of the molecule is Cc1cc(Cl)cc(C2C(C(=O)Nc3ccc(Cl)c(C(=O)NC4CN(C(=O)COCl)C4)c3)C2(Cl)Cl)c1. The standard InChI is InChI=1S/C23H20Cl5N3O4/c1-11-4-12(6-13(24)5-11)19-20(23(19,26)27)22(34)29-14-2-3-17(25)16(7-14)21(33)30-15-8-31(9-15)18(32)10-35-28/h2-7,15,19-20H,8-10H2,1H3,(H,29,34)(H,30,33). The molecule has 4 rings (SSSR count). The molecule has 1 heterocycles. The number of amides is 3. The Hall–Kier alpha value is -1.74. The number of nitrogens with zero attached hydrogens (tertiary/aromatic N) is 1. The van der Waals surface area contributed by atoms with E-state index >= 15 is 0 Å². The lowest BCUT2D eigenvalue weighted by atomic mass is 10.1. The predicted molar refractivity (Wildman–Crippen MR) is 137 cm³/mol. The van der Waals surface area contributed by atoms with E-state index in [-0.39, 0.29) is 35.0 Å². The third kappa shape index (κ3) is 5.66. The maximum absolute atomic E-state index is 13.0. The molecule has 2 aromatic rings. The van der Waals surface area contributed by atoms with Crippen molar-refractivity contribution in [2.45, 2.75) is 23.2 Å². The molecule has 2 atom stereocenters. The lowest BCUT2D eigenvalue weighted by molar-refractivity contribution is -0.138. The van der Waals surface area contributed by atoms with E-state index in [1.807, 2.05) is 13.0 Å². The predicted octanol–water partition coefficient (Wildman–Crippen LogP) is 4.94. The number of halogens is 5. The summed E-state index contributed by atoms with van der Waals surface area (Å²) in [6.45, 7) is 2.32. The Bertz CT molecular complexity index is 1170. The summed E-state index contributed by atoms with van der Waals surface area (Å²) in [4.78, 5) is 38.9. The van der Waals surface area contributed by atoms with Gasteiger partial charge >= 0.3 is 0 Å². The molecule has 2 aromatic carbocycles. The van der Waals surface area contributed by atoms with Crippen molar-refractivity contribution in [3.05, 3.63) is 63.1 Å². The summed E-state index contributed by atoms with van der Waals surface area (Å²) < 4.78 is 3.02. The first-order chi connectivity index (χ1) is 16.5. The molecule has 186 valence electrons. The zero-order chi connectivity index (χ0) is 25.5. The minimum Gasteiger partial charge on any atom is -0.346 e. The molecular weight excluding hydrogens is 560 g/mol. The molecule has 1 saturated heterocycles. The molecule has 0 spiro atoms. The van der Waals surface area contributed by atoms with Gasteiger partial charge in [-0.25, -0.2) is 0 Å². The average molecular weight is 580 g/mol. The van der Waals surface area contributed by atoms with Crippen LogP contribution in [-0.2, 0) is 13.9 Å². The second-order valence-corrected chi connectivity index (χ2v) is 11.1. The Morgan fingerprint density at radius 2 is 1.83 bits per heavy atom. The van der Waals surface area contributed by atoms with Gasteiger partial charge in [0, 0.05) is 29.7 Å². The molecule has 2 fully saturated rings. The number of alkyl halides is 2. The smallest absolute Gasteiger partial charge is 0.253 e. The summed E-state index contributed by atoms with van der Waals surface area (Å²) in [6, 6.07) is 9.78. The van der Waals surface area contributed by atoms with Gasteiger partial charge in [0.15, 0.2) is 0 Å². The lowest BCUT2D eigenvalue weighted by Crippen LogP contribution is -2.61. The highest BCUT2D eigenvalue weighted by atomic mass is 35.5. The summed E-state index contributed by atoms with van der Waals surface area (Å²) in [7, 11) is 0. The van der Waals surface area contributed by atoms with Crippen LogP contribution in [0.2, 0.25) is 10.0 Å². The Kier molecular flexibility index (Phi) is 7.77. The van der Waals surface area contributed by atoms with Gasteiger partial charge in [-0.15, -0.1) is 23.2 Å². The van der Waals surface area contributed by atoms with Crippen LogP contribution in [0.25, 0.3) is 0 Å². The van der Waals surface area contributed by atoms with Crippen LogP contribution in [0.5, 0.6) is 0 Å². The Morgan fingerprint density at radius 3 is 2.49 bits per heavy atom. The van der Waals surface area contributed by atoms with E-state index in [4.69, 9.17) is 58.3 Å². The molecule has 35 heavy (non-hydrogen) atoms. The van der Waals surface area contributed by atoms with Crippen LogP contribution >= 0.6 is 58.3 Å². The summed E-state index contributed by atoms with van der Waals surface area (Å²) in [6.07, 6.45) is 0. The molecule has 1 aliphatic carbocycles. The van der Waals surface area contributed by atoms with E-state index in [9.17, 15) is 14.4 Å². The van der Waals surface area contributed by atoms with Gasteiger partial charge in [0.05, 0.1) is 34.4 Å². The van der Waals surface area contributed by atoms with Crippen LogP contribution in [-0.4, -0.2) is 52.7 Å². The zero-order valence-electron chi connectivity index (χ0n) is 18.3. The molecule has 0 bridgehead atoms. The molecule has 1 aliphatic heterocycles. The fourth-order valence-electron chi connectivity index (χ4n) is 4.18. The Balaban J connectivity index is 1.40. The van der Waals surface area contributed by atoms with Crippen LogP contribution in [0, 0.1) is 12.8 Å². The van der Waals surface area contributed by atoms with Crippen LogP contribution in [0.4, 0.5) is 5.69 Å². The van der Waals surface area contributed by atoms with Gasteiger partial charge in [0.25, 0.3) is 11.8 Å². The van der Waals surface area contributed by atoms with Crippen LogP contribution < -0.4 is 10.6 Å². The molecular formula is C23H20Cl5N3O4. The minimum atomic E-state index is -1.28. The maximum Gasteiger partial charge on any atom is 0.253 e. The topological polar surface area (TPSA) is 87.7 Å². The number of nitrogens with one attached hydrogen (secondary N) is 2. The number of hydrogen-bond donors (Lipinski definition) is 2. The number of carbonyl (C=O) groups excluding carboxylic acids is 3. The van der Waals surface area contributed by atoms with Crippen molar-refractivity contribution >= 4 is 81.7 Å². The van der Waals surface area contributed by atoms with E-state index in [0.29, 0.717) is 23.8 Å². The van der Waals surface area contributed by atoms with Gasteiger partial charge < -0.3 is 15.5 Å². The van der Waals surface area contributed by atoms with Gasteiger partial charge in [0.2, 0.25) is 5.91 Å². The molecule has 2 unspecified atom stereocenters. The zero-order valence-corrected chi connectivity index (χ0v) is 22.1. The highest BCUT2D eigenvalue weighted by Gasteiger charge is 2.67. The molecule has 3 amide bonds. The lowest BCUT2D eigenvalue weighted by Gasteiger charge is -2.39. The Morgan fingerprint density at radius 1 is 1.11 bits per heavy atom. The number of likely N-dealkylation sites (tertiary alicyclic amines) is 1. The highest BCUT2D eigenvalue weighted by molar-refractivity contribution is 6.53. The summed E-state index contributed by atoms with van der Waals surface area (Å²) in [5.41, 5.74) is 2.26. The van der Waals surface area contributed by atoms with Crippen molar-refractivity contribution in [3.8, 4) is 0 Å². The minimum absolute atomic E-state index is 0.180. The van der Waals surface area contributed by atoms with Crippen molar-refractivity contribution in [3.63, 3.8) is 0 Å². The third-order valence-electron chi connectivity index (χ3n) is 5.99. The van der Waals surface area contributed by atoms with Crippen molar-refractivity contribution in [2.24, 2.45) is 5.92 Å². The van der Waals surface area contributed by atoms with Gasteiger partial charge in [-0.2, -0.15) is 0 Å². The van der Waals surface area contributed by atoms with Crippen molar-refractivity contribution in [1.82, 2.24) is 10.2 Å². The molecule has 2 aliphatic rings. The number of rotatable bonds is 7. The molecule has 0 aromatic heterocycles. The second-order valence-electron chi connectivity index (χ2n) is 8.60. The molecule has 2 N–H and O–H groups in total. The number of benzene rings is 2. The van der Waals surface area contributed by atoms with Crippen LogP contribution in [0.3, 0.4) is 0 Å². The van der Waals surface area contributed by atoms with Crippen LogP contribution in [0.15, 0.2) is 36.4 Å². The monoisotopic (exact) mass is 577 g/mol. The molecule has 0 radical (unpaired) electrons. The van der Waals surface area contributed by atoms with Gasteiger partial charge in [0.1, 0.15) is 10.9 Å². The first-order valence-electron chi connectivity index (χ1n) is 10.6. The summed E-state index contributed by atoms with van der Waals surface area (Å²) in [5, 5.41) is 6.33. The number of carbonyl (C=O) groups is 3. The molecule has 7 nitrogen and oxygen atoms in total. The average Bonchev–Trinajstić information content (AvgIpc) is 3.33. The van der Waals surface area contributed by atoms with E-state index in [0.717, 1.165) is 11.1 Å². The van der Waals surface area contributed by atoms with E-state index in [2.05, 4.69) is 14.9 Å². The first-order valence-corrected chi connectivity index (χ1v) is 12.4. The fraction of sp³-hybridized carbons (Fsp3) is 0.348. The number of hydrogen-bond acceptors (Lipinski definition) is 4. The third-order valence-corrected chi connectivity index (χ3v) is 7.58. The molecule has 12 heteroatoms. The Labute approximate surface area is 227 Å². The van der Waals surface area contributed by atoms with Gasteiger partial charge in [-0.05, 0) is 48.4 Å². The van der Waals surface area contributed by atoms with Crippen molar-refractivity contribution in [1.29, 1.82) is 0 Å².